The molecule has 0 spiro atoms. The predicted octanol–water partition coefficient (Wildman–Crippen LogP) is 6.03. The summed E-state index contributed by atoms with van der Waals surface area (Å²) in [4.78, 5) is 13.7. The number of sulfone groups is 1. The Bertz CT molecular complexity index is 1190. The van der Waals surface area contributed by atoms with Gasteiger partial charge in [-0.2, -0.15) is 0 Å². The molecule has 0 saturated carbocycles. The van der Waals surface area contributed by atoms with Crippen LogP contribution >= 0.6 is 12.2 Å². The standard InChI is InChI=1S/C27H35F2NO4S2/c1-6-7-20-15-19(14-18(2)22(20)27(5)9-12-36(32,33)13-10-27)8-11-30-17-21(34-25(30)31)16-26(3,4)23(35)24(28)29/h6-7,9,12,14-15,21,24H,8,10-11,13,16-17H2,1-5H3/b7-6+. The molecule has 198 valence electrons. The predicted molar refractivity (Wildman–Crippen MR) is 143 cm³/mol. The van der Waals surface area contributed by atoms with Gasteiger partial charge in [0.2, 0.25) is 0 Å². The van der Waals surface area contributed by atoms with E-state index in [1.807, 2.05) is 26.0 Å². The molecule has 5 nitrogen and oxygen atoms in total. The first-order valence-corrected chi connectivity index (χ1v) is 14.3. The van der Waals surface area contributed by atoms with Crippen LogP contribution in [0.4, 0.5) is 13.6 Å². The lowest BCUT2D eigenvalue weighted by Gasteiger charge is -2.33. The SMILES string of the molecule is C/C=C/c1cc(CCN2CC(CC(C)(C)C(=S)C(F)F)OC2=O)cc(C)c1C1(C)C=CS(=O)(=O)CC1. The Morgan fingerprint density at radius 3 is 2.64 bits per heavy atom. The highest BCUT2D eigenvalue weighted by Gasteiger charge is 2.39. The highest BCUT2D eigenvalue weighted by atomic mass is 32.2. The summed E-state index contributed by atoms with van der Waals surface area (Å²) in [5, 5.41) is 1.33. The molecule has 0 radical (unpaired) electrons. The maximum Gasteiger partial charge on any atom is 0.410 e. The number of hydrogen-bond donors (Lipinski definition) is 0. The van der Waals surface area contributed by atoms with Crippen molar-refractivity contribution in [3.63, 3.8) is 0 Å². The van der Waals surface area contributed by atoms with Gasteiger partial charge in [-0.15, -0.1) is 0 Å². The molecule has 0 N–H and O–H groups in total. The summed E-state index contributed by atoms with van der Waals surface area (Å²) in [6.45, 7) is 10.1. The van der Waals surface area contributed by atoms with Crippen LogP contribution in [0.15, 0.2) is 29.7 Å². The first kappa shape index (κ1) is 28.4. The molecule has 1 aromatic rings. The number of hydrogen-bond acceptors (Lipinski definition) is 5. The van der Waals surface area contributed by atoms with Crippen LogP contribution in [0, 0.1) is 12.3 Å². The average molecular weight is 540 g/mol. The van der Waals surface area contributed by atoms with Gasteiger partial charge >= 0.3 is 6.09 Å². The summed E-state index contributed by atoms with van der Waals surface area (Å²) in [7, 11) is -3.15. The van der Waals surface area contributed by atoms with E-state index in [4.69, 9.17) is 17.0 Å². The fraction of sp³-hybridized carbons (Fsp3) is 0.556. The van der Waals surface area contributed by atoms with Gasteiger partial charge in [-0.1, -0.05) is 63.3 Å². The van der Waals surface area contributed by atoms with E-state index in [0.717, 1.165) is 22.3 Å². The minimum Gasteiger partial charge on any atom is -0.444 e. The van der Waals surface area contributed by atoms with E-state index in [-0.39, 0.29) is 22.5 Å². The van der Waals surface area contributed by atoms with Crippen molar-refractivity contribution in [2.24, 2.45) is 5.41 Å². The van der Waals surface area contributed by atoms with Crippen molar-refractivity contribution in [3.8, 4) is 0 Å². The van der Waals surface area contributed by atoms with Crippen molar-refractivity contribution in [2.45, 2.75) is 71.8 Å². The zero-order valence-corrected chi connectivity index (χ0v) is 23.1. The van der Waals surface area contributed by atoms with Gasteiger partial charge in [-0.25, -0.2) is 22.0 Å². The minimum atomic E-state index is -3.15. The van der Waals surface area contributed by atoms with Gasteiger partial charge in [0.15, 0.2) is 9.84 Å². The summed E-state index contributed by atoms with van der Waals surface area (Å²) in [5.74, 6) is 0.119. The lowest BCUT2D eigenvalue weighted by molar-refractivity contribution is 0.115. The van der Waals surface area contributed by atoms with Crippen LogP contribution in [-0.2, 0) is 26.4 Å². The largest absolute Gasteiger partial charge is 0.444 e. The molecule has 2 aliphatic heterocycles. The van der Waals surface area contributed by atoms with Crippen LogP contribution in [0.2, 0.25) is 0 Å². The zero-order chi connectivity index (χ0) is 26.9. The maximum atomic E-state index is 13.1. The van der Waals surface area contributed by atoms with Crippen LogP contribution in [0.5, 0.6) is 0 Å². The van der Waals surface area contributed by atoms with Crippen molar-refractivity contribution in [1.82, 2.24) is 4.90 Å². The summed E-state index contributed by atoms with van der Waals surface area (Å²) in [6, 6.07) is 4.18. The third-order valence-electron chi connectivity index (χ3n) is 7.12. The van der Waals surface area contributed by atoms with E-state index >= 15 is 0 Å². The number of amides is 1. The Morgan fingerprint density at radius 2 is 2.06 bits per heavy atom. The number of carbonyl (C=O) groups excluding carboxylic acids is 1. The smallest absolute Gasteiger partial charge is 0.410 e. The van der Waals surface area contributed by atoms with Gasteiger partial charge in [0.1, 0.15) is 6.10 Å². The van der Waals surface area contributed by atoms with Gasteiger partial charge < -0.3 is 9.64 Å². The number of aryl methyl sites for hydroxylation is 1. The van der Waals surface area contributed by atoms with E-state index in [2.05, 4.69) is 19.1 Å². The molecule has 1 fully saturated rings. The van der Waals surface area contributed by atoms with Crippen LogP contribution in [0.1, 0.15) is 62.8 Å². The highest BCUT2D eigenvalue weighted by Crippen LogP contribution is 2.39. The molecule has 36 heavy (non-hydrogen) atoms. The first-order chi connectivity index (χ1) is 16.7. The topological polar surface area (TPSA) is 63.7 Å². The number of benzene rings is 1. The quantitative estimate of drug-likeness (QED) is 0.359. The second-order valence-corrected chi connectivity index (χ2v) is 13.1. The number of allylic oxidation sites excluding steroid dienone is 2. The Kier molecular flexibility index (Phi) is 8.45. The van der Waals surface area contributed by atoms with Crippen LogP contribution < -0.4 is 0 Å². The fourth-order valence-corrected chi connectivity index (χ4v) is 6.62. The molecule has 2 atom stereocenters. The van der Waals surface area contributed by atoms with Crippen molar-refractivity contribution < 1.29 is 26.7 Å². The summed E-state index contributed by atoms with van der Waals surface area (Å²) < 4.78 is 55.5. The van der Waals surface area contributed by atoms with Crippen molar-refractivity contribution >= 4 is 39.1 Å². The normalized spacial score (nSPS) is 24.1. The first-order valence-electron chi connectivity index (χ1n) is 12.1. The van der Waals surface area contributed by atoms with Crippen LogP contribution in [-0.4, -0.2) is 55.6 Å². The lowest BCUT2D eigenvalue weighted by Crippen LogP contribution is -2.34. The molecule has 0 bridgehead atoms. The van der Waals surface area contributed by atoms with E-state index in [0.29, 0.717) is 25.9 Å². The number of thiocarbonyl (C=S) groups is 1. The van der Waals surface area contributed by atoms with Crippen LogP contribution in [0.25, 0.3) is 6.08 Å². The lowest BCUT2D eigenvalue weighted by atomic mass is 9.75. The maximum absolute atomic E-state index is 13.1. The molecule has 3 rings (SSSR count). The molecule has 1 saturated heterocycles. The fourth-order valence-electron chi connectivity index (χ4n) is 5.19. The Labute approximate surface area is 218 Å². The third-order valence-corrected chi connectivity index (χ3v) is 9.17. The molecular weight excluding hydrogens is 504 g/mol. The summed E-state index contributed by atoms with van der Waals surface area (Å²) in [6.07, 6.45) is 3.54. The van der Waals surface area contributed by atoms with E-state index < -0.39 is 33.9 Å². The number of ether oxygens (including phenoxy) is 1. The van der Waals surface area contributed by atoms with Gasteiger partial charge in [-0.3, -0.25) is 0 Å². The van der Waals surface area contributed by atoms with E-state index in [9.17, 15) is 22.0 Å². The molecule has 9 heteroatoms. The molecule has 1 amide bonds. The molecule has 1 aromatic carbocycles. The van der Waals surface area contributed by atoms with E-state index in [1.54, 1.807) is 24.8 Å². The second kappa shape index (κ2) is 10.7. The van der Waals surface area contributed by atoms with Crippen molar-refractivity contribution in [1.29, 1.82) is 0 Å². The number of halogens is 2. The third kappa shape index (κ3) is 6.40. The molecular formula is C27H35F2NO4S2. The van der Waals surface area contributed by atoms with Gasteiger partial charge in [0, 0.05) is 22.8 Å². The molecule has 2 heterocycles. The molecule has 2 aliphatic rings. The van der Waals surface area contributed by atoms with Crippen molar-refractivity contribution in [2.75, 3.05) is 18.8 Å². The van der Waals surface area contributed by atoms with E-state index in [1.165, 1.54) is 5.41 Å². The van der Waals surface area contributed by atoms with Crippen LogP contribution in [0.3, 0.4) is 0 Å². The Hall–Kier alpha value is -2.13. The second-order valence-electron chi connectivity index (χ2n) is 10.7. The van der Waals surface area contributed by atoms with Gasteiger partial charge in [-0.05, 0) is 55.4 Å². The number of cyclic esters (lactones) is 1. The van der Waals surface area contributed by atoms with Crippen molar-refractivity contribution in [3.05, 3.63) is 51.9 Å². The number of carbonyl (C=O) groups is 1. The zero-order valence-electron chi connectivity index (χ0n) is 21.5. The minimum absolute atomic E-state index is 0.119. The number of nitrogens with zero attached hydrogens (tertiary/aromatic N) is 1. The summed E-state index contributed by atoms with van der Waals surface area (Å²) in [5.41, 5.74) is 2.95. The van der Waals surface area contributed by atoms with Gasteiger partial charge in [0.05, 0.1) is 17.2 Å². The molecule has 0 aromatic heterocycles. The van der Waals surface area contributed by atoms with Gasteiger partial charge in [0.25, 0.3) is 6.43 Å². The number of rotatable bonds is 9. The molecule has 0 aliphatic carbocycles. The Balaban J connectivity index is 1.74. The molecule has 2 unspecified atom stereocenters. The monoisotopic (exact) mass is 539 g/mol. The summed E-state index contributed by atoms with van der Waals surface area (Å²) >= 11 is 4.90. The number of alkyl halides is 2. The average Bonchev–Trinajstić information content (AvgIpc) is 3.12. The highest BCUT2D eigenvalue weighted by molar-refractivity contribution is 7.94. The Morgan fingerprint density at radius 1 is 1.36 bits per heavy atom.